The van der Waals surface area contributed by atoms with Crippen molar-refractivity contribution in [3.8, 4) is 0 Å². The van der Waals surface area contributed by atoms with Gasteiger partial charge in [0.15, 0.2) is 0 Å². The minimum Gasteiger partial charge on any atom is -0.466 e. The number of unbranched alkanes of at least 4 members (excludes halogenated alkanes) is 17. The van der Waals surface area contributed by atoms with Gasteiger partial charge in [0.05, 0.1) is 13.2 Å². The molecule has 0 fully saturated rings. The van der Waals surface area contributed by atoms with Gasteiger partial charge in [0.2, 0.25) is 0 Å². The van der Waals surface area contributed by atoms with E-state index in [1.54, 1.807) is 0 Å². The summed E-state index contributed by atoms with van der Waals surface area (Å²) in [5, 5.41) is 0. The van der Waals surface area contributed by atoms with Crippen LogP contribution in [0.5, 0.6) is 0 Å². The van der Waals surface area contributed by atoms with Crippen LogP contribution in [0.4, 0.5) is 0 Å². The van der Waals surface area contributed by atoms with Crippen molar-refractivity contribution >= 4 is 11.9 Å². The van der Waals surface area contributed by atoms with Gasteiger partial charge in [-0.15, -0.1) is 0 Å². The molecule has 4 nitrogen and oxygen atoms in total. The summed E-state index contributed by atoms with van der Waals surface area (Å²) in [5.74, 6) is -0.0263. The number of ether oxygens (including phenoxy) is 2. The van der Waals surface area contributed by atoms with Crippen LogP contribution < -0.4 is 0 Å². The number of hydrogen-bond acceptors (Lipinski definition) is 4. The lowest BCUT2D eigenvalue weighted by atomic mass is 10.0. The fourth-order valence-electron chi connectivity index (χ4n) is 3.88. The van der Waals surface area contributed by atoms with Gasteiger partial charge in [0.25, 0.3) is 0 Å². The number of carbonyl (C=O) groups excluding carboxylic acids is 2. The van der Waals surface area contributed by atoms with Crippen LogP contribution >= 0.6 is 0 Å². The van der Waals surface area contributed by atoms with Crippen molar-refractivity contribution in [3.05, 3.63) is 0 Å². The highest BCUT2D eigenvalue weighted by Gasteiger charge is 2.03. The summed E-state index contributed by atoms with van der Waals surface area (Å²) in [6.45, 7) is 5.58. The Morgan fingerprint density at radius 1 is 0.406 bits per heavy atom. The molecule has 0 aromatic rings. The number of hydrogen-bond donors (Lipinski definition) is 0. The van der Waals surface area contributed by atoms with Gasteiger partial charge in [-0.2, -0.15) is 0 Å². The van der Waals surface area contributed by atoms with Crippen LogP contribution in [0.15, 0.2) is 0 Å². The zero-order valence-corrected chi connectivity index (χ0v) is 21.6. The molecule has 0 rings (SSSR count). The maximum Gasteiger partial charge on any atom is 0.305 e. The van der Waals surface area contributed by atoms with Crippen LogP contribution in [0.2, 0.25) is 0 Å². The van der Waals surface area contributed by atoms with Crippen molar-refractivity contribution in [2.45, 2.75) is 155 Å². The largest absolute Gasteiger partial charge is 0.466 e. The second-order valence-electron chi connectivity index (χ2n) is 9.30. The fourth-order valence-corrected chi connectivity index (χ4v) is 3.88. The Kier molecular flexibility index (Phi) is 25.3. The Hall–Kier alpha value is -1.06. The Balaban J connectivity index is 3.19. The standard InChI is InChI=1S/C28H54O4/c1-3-5-7-21-25-31-27(29)23-19-17-15-13-11-9-10-12-14-16-18-20-24-28(30)32-26-22-8-6-4-2/h3-26H2,1-2H3. The lowest BCUT2D eigenvalue weighted by Crippen LogP contribution is -2.05. The molecule has 0 aromatic heterocycles. The molecule has 0 N–H and O–H groups in total. The van der Waals surface area contributed by atoms with E-state index in [0.717, 1.165) is 38.5 Å². The van der Waals surface area contributed by atoms with Gasteiger partial charge >= 0.3 is 11.9 Å². The van der Waals surface area contributed by atoms with Crippen LogP contribution in [0.3, 0.4) is 0 Å². The van der Waals surface area contributed by atoms with Crippen molar-refractivity contribution in [2.24, 2.45) is 0 Å². The predicted molar refractivity (Wildman–Crippen MR) is 135 cm³/mol. The topological polar surface area (TPSA) is 52.6 Å². The lowest BCUT2D eigenvalue weighted by molar-refractivity contribution is -0.144. The van der Waals surface area contributed by atoms with Gasteiger partial charge in [-0.3, -0.25) is 9.59 Å². The van der Waals surface area contributed by atoms with E-state index in [2.05, 4.69) is 13.8 Å². The maximum absolute atomic E-state index is 11.6. The van der Waals surface area contributed by atoms with E-state index in [4.69, 9.17) is 9.47 Å². The summed E-state index contributed by atoms with van der Waals surface area (Å²) >= 11 is 0. The third-order valence-corrected chi connectivity index (χ3v) is 6.03. The smallest absolute Gasteiger partial charge is 0.305 e. The van der Waals surface area contributed by atoms with Crippen molar-refractivity contribution < 1.29 is 19.1 Å². The fraction of sp³-hybridized carbons (Fsp3) is 0.929. The molecule has 0 unspecified atom stereocenters. The first-order valence-electron chi connectivity index (χ1n) is 14.0. The summed E-state index contributed by atoms with van der Waals surface area (Å²) < 4.78 is 10.5. The second kappa shape index (κ2) is 26.2. The monoisotopic (exact) mass is 454 g/mol. The zero-order valence-electron chi connectivity index (χ0n) is 21.6. The number of esters is 2. The Morgan fingerprint density at radius 3 is 1.00 bits per heavy atom. The molecule has 0 saturated heterocycles. The van der Waals surface area contributed by atoms with Gasteiger partial charge in [0, 0.05) is 12.8 Å². The minimum absolute atomic E-state index is 0.0131. The molecule has 0 bridgehead atoms. The Labute approximate surface area is 199 Å². The van der Waals surface area contributed by atoms with E-state index < -0.39 is 0 Å². The van der Waals surface area contributed by atoms with Crippen molar-refractivity contribution in [3.63, 3.8) is 0 Å². The number of carbonyl (C=O) groups is 2. The molecule has 4 heteroatoms. The molecule has 0 atom stereocenters. The molecule has 0 aliphatic rings. The van der Waals surface area contributed by atoms with E-state index >= 15 is 0 Å². The lowest BCUT2D eigenvalue weighted by Gasteiger charge is -2.05. The molecule has 0 spiro atoms. The van der Waals surface area contributed by atoms with Gasteiger partial charge in [-0.05, 0) is 25.7 Å². The third kappa shape index (κ3) is 25.2. The predicted octanol–water partition coefficient (Wildman–Crippen LogP) is 8.69. The second-order valence-corrected chi connectivity index (χ2v) is 9.30. The van der Waals surface area contributed by atoms with E-state index in [0.29, 0.717) is 26.1 Å². The molecular weight excluding hydrogens is 400 g/mol. The minimum atomic E-state index is -0.0131. The van der Waals surface area contributed by atoms with Crippen LogP contribution in [0.1, 0.15) is 155 Å². The molecule has 0 aliphatic carbocycles. The van der Waals surface area contributed by atoms with Crippen molar-refractivity contribution in [2.75, 3.05) is 13.2 Å². The van der Waals surface area contributed by atoms with Crippen LogP contribution in [0, 0.1) is 0 Å². The zero-order chi connectivity index (χ0) is 23.5. The summed E-state index contributed by atoms with van der Waals surface area (Å²) in [4.78, 5) is 23.3. The van der Waals surface area contributed by atoms with Crippen molar-refractivity contribution in [1.29, 1.82) is 0 Å². The third-order valence-electron chi connectivity index (χ3n) is 6.03. The normalized spacial score (nSPS) is 10.9. The quantitative estimate of drug-likeness (QED) is 0.102. The SMILES string of the molecule is CCCCCCOC(=O)CCCCCCCCCCCCCCC(=O)OCCCCCC. The van der Waals surface area contributed by atoms with E-state index in [1.165, 1.54) is 89.9 Å². The highest BCUT2D eigenvalue weighted by Crippen LogP contribution is 2.13. The molecule has 190 valence electrons. The molecule has 32 heavy (non-hydrogen) atoms. The van der Waals surface area contributed by atoms with Crippen LogP contribution in [-0.4, -0.2) is 25.2 Å². The highest BCUT2D eigenvalue weighted by molar-refractivity contribution is 5.69. The molecular formula is C28H54O4. The Morgan fingerprint density at radius 2 is 0.688 bits per heavy atom. The first-order chi connectivity index (χ1) is 15.7. The van der Waals surface area contributed by atoms with E-state index in [-0.39, 0.29) is 11.9 Å². The van der Waals surface area contributed by atoms with Crippen LogP contribution in [-0.2, 0) is 19.1 Å². The van der Waals surface area contributed by atoms with Gasteiger partial charge < -0.3 is 9.47 Å². The first kappa shape index (κ1) is 30.9. The van der Waals surface area contributed by atoms with E-state index in [1.807, 2.05) is 0 Å². The molecule has 0 aromatic carbocycles. The van der Waals surface area contributed by atoms with Gasteiger partial charge in [-0.1, -0.05) is 117 Å². The molecule has 0 radical (unpaired) electrons. The van der Waals surface area contributed by atoms with Gasteiger partial charge in [-0.25, -0.2) is 0 Å². The molecule has 0 amide bonds. The average Bonchev–Trinajstić information content (AvgIpc) is 2.79. The molecule has 0 saturated carbocycles. The molecule has 0 aliphatic heterocycles. The first-order valence-corrected chi connectivity index (χ1v) is 14.0. The van der Waals surface area contributed by atoms with Gasteiger partial charge in [0.1, 0.15) is 0 Å². The maximum atomic E-state index is 11.6. The van der Waals surface area contributed by atoms with Crippen LogP contribution in [0.25, 0.3) is 0 Å². The summed E-state index contributed by atoms with van der Waals surface area (Å²) in [5.41, 5.74) is 0. The molecule has 0 heterocycles. The summed E-state index contributed by atoms with van der Waals surface area (Å²) in [6.07, 6.45) is 25.0. The van der Waals surface area contributed by atoms with Crippen molar-refractivity contribution in [1.82, 2.24) is 0 Å². The highest BCUT2D eigenvalue weighted by atomic mass is 16.5. The summed E-state index contributed by atoms with van der Waals surface area (Å²) in [6, 6.07) is 0. The van der Waals surface area contributed by atoms with E-state index in [9.17, 15) is 9.59 Å². The average molecular weight is 455 g/mol. The Bertz CT molecular complexity index is 370. The number of rotatable bonds is 25. The summed E-state index contributed by atoms with van der Waals surface area (Å²) in [7, 11) is 0.